The number of anilines is 1. The number of thiophene rings is 1. The maximum Gasteiger partial charge on any atom is 0.171 e. The molecule has 0 aliphatic rings. The summed E-state index contributed by atoms with van der Waals surface area (Å²) in [6.07, 6.45) is 0. The molecule has 2 aromatic carbocycles. The lowest BCUT2D eigenvalue weighted by molar-refractivity contribution is 0.415. The number of hydrogen-bond donors (Lipinski definition) is 2. The summed E-state index contributed by atoms with van der Waals surface area (Å²) in [6, 6.07) is 22.2. The van der Waals surface area contributed by atoms with Gasteiger partial charge in [0.25, 0.3) is 0 Å². The lowest BCUT2D eigenvalue weighted by Gasteiger charge is -2.20. The van der Waals surface area contributed by atoms with Crippen LogP contribution in [-0.4, -0.2) is 12.2 Å². The van der Waals surface area contributed by atoms with Crippen molar-refractivity contribution in [3.8, 4) is 5.75 Å². The predicted octanol–water partition coefficient (Wildman–Crippen LogP) is 4.83. The molecular weight excluding hydrogens is 336 g/mol. The first-order valence-electron chi connectivity index (χ1n) is 7.56. The Labute approximate surface area is 151 Å². The molecule has 0 aliphatic carbocycles. The summed E-state index contributed by atoms with van der Waals surface area (Å²) in [6.45, 7) is 0. The van der Waals surface area contributed by atoms with E-state index in [2.05, 4.69) is 40.3 Å². The molecule has 0 fully saturated rings. The molecule has 0 unspecified atom stereocenters. The number of thiocarbonyl (C=S) groups is 1. The van der Waals surface area contributed by atoms with Crippen molar-refractivity contribution < 1.29 is 4.74 Å². The van der Waals surface area contributed by atoms with Gasteiger partial charge in [-0.1, -0.05) is 36.4 Å². The topological polar surface area (TPSA) is 33.3 Å². The standard InChI is InChI=1S/C19H18N2OS2/c1-22-16-11-9-15(10-12-16)20-19(23)21-18(17-8-5-13-24-17)14-6-3-2-4-7-14/h2-13,18H,1H3,(H2,20,21,23)/t18-/m1/s1. The van der Waals surface area contributed by atoms with Crippen LogP contribution in [0.15, 0.2) is 72.1 Å². The van der Waals surface area contributed by atoms with E-state index >= 15 is 0 Å². The van der Waals surface area contributed by atoms with Gasteiger partial charge < -0.3 is 15.4 Å². The fourth-order valence-corrected chi connectivity index (χ4v) is 3.43. The maximum atomic E-state index is 5.50. The van der Waals surface area contributed by atoms with Crippen molar-refractivity contribution in [2.24, 2.45) is 0 Å². The average Bonchev–Trinajstić information content (AvgIpc) is 3.15. The first-order valence-corrected chi connectivity index (χ1v) is 8.85. The van der Waals surface area contributed by atoms with Crippen molar-refractivity contribution in [3.63, 3.8) is 0 Å². The highest BCUT2D eigenvalue weighted by Gasteiger charge is 2.16. The van der Waals surface area contributed by atoms with Gasteiger partial charge in [0.2, 0.25) is 0 Å². The zero-order chi connectivity index (χ0) is 16.8. The molecule has 122 valence electrons. The molecule has 3 rings (SSSR count). The molecule has 0 amide bonds. The molecule has 0 aliphatic heterocycles. The second kappa shape index (κ2) is 7.95. The number of ether oxygens (including phenoxy) is 1. The molecule has 3 nitrogen and oxygen atoms in total. The van der Waals surface area contributed by atoms with E-state index in [4.69, 9.17) is 17.0 Å². The smallest absolute Gasteiger partial charge is 0.171 e. The predicted molar refractivity (Wildman–Crippen MR) is 105 cm³/mol. The van der Waals surface area contributed by atoms with Crippen LogP contribution in [-0.2, 0) is 0 Å². The van der Waals surface area contributed by atoms with E-state index < -0.39 is 0 Å². The molecule has 1 aromatic heterocycles. The molecule has 0 radical (unpaired) electrons. The van der Waals surface area contributed by atoms with Crippen LogP contribution in [0.5, 0.6) is 5.75 Å². The minimum absolute atomic E-state index is 0.0319. The van der Waals surface area contributed by atoms with Crippen molar-refractivity contribution in [2.45, 2.75) is 6.04 Å². The van der Waals surface area contributed by atoms with Gasteiger partial charge in [-0.3, -0.25) is 0 Å². The lowest BCUT2D eigenvalue weighted by atomic mass is 10.1. The highest BCUT2D eigenvalue weighted by molar-refractivity contribution is 7.80. The third-order valence-electron chi connectivity index (χ3n) is 3.58. The quantitative estimate of drug-likeness (QED) is 0.643. The fourth-order valence-electron chi connectivity index (χ4n) is 2.39. The SMILES string of the molecule is COc1ccc(NC(=S)N[C@H](c2ccccc2)c2cccs2)cc1. The van der Waals surface area contributed by atoms with Crippen molar-refractivity contribution in [1.82, 2.24) is 5.32 Å². The van der Waals surface area contributed by atoms with Crippen LogP contribution in [0, 0.1) is 0 Å². The first-order chi connectivity index (χ1) is 11.8. The third-order valence-corrected chi connectivity index (χ3v) is 4.74. The van der Waals surface area contributed by atoms with Gasteiger partial charge >= 0.3 is 0 Å². The maximum absolute atomic E-state index is 5.50. The van der Waals surface area contributed by atoms with Gasteiger partial charge in [0, 0.05) is 10.6 Å². The van der Waals surface area contributed by atoms with Crippen LogP contribution in [0.1, 0.15) is 16.5 Å². The fraction of sp³-hybridized carbons (Fsp3) is 0.105. The average molecular weight is 355 g/mol. The van der Waals surface area contributed by atoms with Gasteiger partial charge in [0.1, 0.15) is 5.75 Å². The highest BCUT2D eigenvalue weighted by Crippen LogP contribution is 2.26. The van der Waals surface area contributed by atoms with Crippen molar-refractivity contribution in [3.05, 3.63) is 82.6 Å². The Morgan fingerprint density at radius 1 is 1.00 bits per heavy atom. The molecule has 1 atom stereocenters. The normalized spacial score (nSPS) is 11.5. The Bertz CT molecular complexity index is 771. The van der Waals surface area contributed by atoms with E-state index in [9.17, 15) is 0 Å². The number of methoxy groups -OCH3 is 1. The molecule has 0 saturated heterocycles. The summed E-state index contributed by atoms with van der Waals surface area (Å²) in [5.74, 6) is 0.820. The largest absolute Gasteiger partial charge is 0.497 e. The van der Waals surface area contributed by atoms with Crippen LogP contribution in [0.25, 0.3) is 0 Å². The van der Waals surface area contributed by atoms with Crippen LogP contribution >= 0.6 is 23.6 Å². The van der Waals surface area contributed by atoms with Gasteiger partial charge in [-0.05, 0) is 53.5 Å². The van der Waals surface area contributed by atoms with Crippen LogP contribution in [0.4, 0.5) is 5.69 Å². The third kappa shape index (κ3) is 4.13. The monoisotopic (exact) mass is 354 g/mol. The van der Waals surface area contributed by atoms with Gasteiger partial charge in [-0.25, -0.2) is 0 Å². The van der Waals surface area contributed by atoms with Crippen LogP contribution < -0.4 is 15.4 Å². The Balaban J connectivity index is 1.73. The molecule has 1 heterocycles. The number of benzene rings is 2. The second-order valence-electron chi connectivity index (χ2n) is 5.19. The molecule has 5 heteroatoms. The van der Waals surface area contributed by atoms with Crippen molar-refractivity contribution >= 4 is 34.4 Å². The van der Waals surface area contributed by atoms with Gasteiger partial charge in [0.05, 0.1) is 13.2 Å². The molecule has 3 aromatic rings. The van der Waals surface area contributed by atoms with E-state index in [1.54, 1.807) is 18.4 Å². The second-order valence-corrected chi connectivity index (χ2v) is 6.57. The first kappa shape index (κ1) is 16.5. The molecule has 0 bridgehead atoms. The molecular formula is C19H18N2OS2. The lowest BCUT2D eigenvalue weighted by Crippen LogP contribution is -2.32. The van der Waals surface area contributed by atoms with E-state index in [-0.39, 0.29) is 6.04 Å². The summed E-state index contributed by atoms with van der Waals surface area (Å²) >= 11 is 7.21. The van der Waals surface area contributed by atoms with Gasteiger partial charge in [0.15, 0.2) is 5.11 Å². The van der Waals surface area contributed by atoms with Crippen LogP contribution in [0.2, 0.25) is 0 Å². The summed E-state index contributed by atoms with van der Waals surface area (Å²) in [5, 5.41) is 9.30. The van der Waals surface area contributed by atoms with E-state index in [1.807, 2.05) is 42.5 Å². The molecule has 2 N–H and O–H groups in total. The van der Waals surface area contributed by atoms with E-state index in [0.29, 0.717) is 5.11 Å². The minimum atomic E-state index is 0.0319. The highest BCUT2D eigenvalue weighted by atomic mass is 32.1. The Kier molecular flexibility index (Phi) is 5.46. The minimum Gasteiger partial charge on any atom is -0.497 e. The summed E-state index contributed by atoms with van der Waals surface area (Å²) < 4.78 is 5.17. The molecule has 0 saturated carbocycles. The zero-order valence-electron chi connectivity index (χ0n) is 13.2. The van der Waals surface area contributed by atoms with Crippen molar-refractivity contribution in [1.29, 1.82) is 0 Å². The zero-order valence-corrected chi connectivity index (χ0v) is 14.9. The van der Waals surface area contributed by atoms with Crippen molar-refractivity contribution in [2.75, 3.05) is 12.4 Å². The molecule has 0 spiro atoms. The van der Waals surface area contributed by atoms with E-state index in [1.165, 1.54) is 10.4 Å². The summed E-state index contributed by atoms with van der Waals surface area (Å²) in [5.41, 5.74) is 2.10. The number of rotatable bonds is 5. The Morgan fingerprint density at radius 2 is 1.75 bits per heavy atom. The Morgan fingerprint density at radius 3 is 2.38 bits per heavy atom. The molecule has 24 heavy (non-hydrogen) atoms. The Hall–Kier alpha value is -2.37. The number of nitrogens with one attached hydrogen (secondary N) is 2. The summed E-state index contributed by atoms with van der Waals surface area (Å²) in [4.78, 5) is 1.22. The summed E-state index contributed by atoms with van der Waals surface area (Å²) in [7, 11) is 1.65. The number of hydrogen-bond acceptors (Lipinski definition) is 3. The van der Waals surface area contributed by atoms with Crippen LogP contribution in [0.3, 0.4) is 0 Å². The van der Waals surface area contributed by atoms with Gasteiger partial charge in [-0.2, -0.15) is 0 Å². The van der Waals surface area contributed by atoms with E-state index in [0.717, 1.165) is 11.4 Å². The van der Waals surface area contributed by atoms with Gasteiger partial charge in [-0.15, -0.1) is 11.3 Å².